The predicted octanol–water partition coefficient (Wildman–Crippen LogP) is 3.98. The molecule has 2 nitrogen and oxygen atoms in total. The number of ether oxygens (including phenoxy) is 1. The van der Waals surface area contributed by atoms with E-state index in [1.807, 2.05) is 31.2 Å². The maximum Gasteiger partial charge on any atom is 0.136 e. The monoisotopic (exact) mass is 246 g/mol. The van der Waals surface area contributed by atoms with Crippen LogP contribution in [0.15, 0.2) is 42.5 Å². The van der Waals surface area contributed by atoms with Gasteiger partial charge in [-0.25, -0.2) is 4.39 Å². The standard InChI is InChI=1S/C15H15FO2/c1-10-6-3-4-8-13(10)18-14-9-5-7-12(16)15(14)11(2)17/h3-9,11,17H,1-2H3/t11-/m0/s1. The van der Waals surface area contributed by atoms with Gasteiger partial charge in [-0.1, -0.05) is 24.3 Å². The molecular formula is C15H15FO2. The van der Waals surface area contributed by atoms with Gasteiger partial charge >= 0.3 is 0 Å². The third-order valence-electron chi connectivity index (χ3n) is 2.74. The molecular weight excluding hydrogens is 231 g/mol. The van der Waals surface area contributed by atoms with Crippen molar-refractivity contribution in [1.29, 1.82) is 0 Å². The summed E-state index contributed by atoms with van der Waals surface area (Å²) in [7, 11) is 0. The first kappa shape index (κ1) is 12.6. The smallest absolute Gasteiger partial charge is 0.136 e. The van der Waals surface area contributed by atoms with E-state index in [-0.39, 0.29) is 5.56 Å². The van der Waals surface area contributed by atoms with E-state index >= 15 is 0 Å². The van der Waals surface area contributed by atoms with Crippen LogP contribution in [0.25, 0.3) is 0 Å². The van der Waals surface area contributed by atoms with Crippen molar-refractivity contribution in [2.45, 2.75) is 20.0 Å². The molecule has 3 heteroatoms. The maximum atomic E-state index is 13.7. The first-order valence-corrected chi connectivity index (χ1v) is 5.79. The molecule has 0 saturated carbocycles. The molecule has 2 aromatic carbocycles. The number of aryl methyl sites for hydroxylation is 1. The average Bonchev–Trinajstić information content (AvgIpc) is 2.31. The number of para-hydroxylation sites is 1. The fourth-order valence-corrected chi connectivity index (χ4v) is 1.80. The Labute approximate surface area is 106 Å². The van der Waals surface area contributed by atoms with Crippen LogP contribution >= 0.6 is 0 Å². The molecule has 0 aliphatic heterocycles. The molecule has 94 valence electrons. The summed E-state index contributed by atoms with van der Waals surface area (Å²) in [6, 6.07) is 12.0. The summed E-state index contributed by atoms with van der Waals surface area (Å²) in [5, 5.41) is 9.61. The van der Waals surface area contributed by atoms with Crippen LogP contribution in [-0.2, 0) is 0 Å². The fraction of sp³-hybridized carbons (Fsp3) is 0.200. The van der Waals surface area contributed by atoms with Crippen LogP contribution < -0.4 is 4.74 Å². The Balaban J connectivity index is 2.41. The van der Waals surface area contributed by atoms with Gasteiger partial charge in [0.1, 0.15) is 17.3 Å². The molecule has 0 spiro atoms. The van der Waals surface area contributed by atoms with Gasteiger partial charge in [-0.15, -0.1) is 0 Å². The Hall–Kier alpha value is -1.87. The summed E-state index contributed by atoms with van der Waals surface area (Å²) in [5.41, 5.74) is 1.14. The van der Waals surface area contributed by atoms with E-state index in [0.29, 0.717) is 11.5 Å². The van der Waals surface area contributed by atoms with Crippen molar-refractivity contribution < 1.29 is 14.2 Å². The first-order chi connectivity index (χ1) is 8.59. The van der Waals surface area contributed by atoms with Gasteiger partial charge in [0.2, 0.25) is 0 Å². The number of hydrogen-bond acceptors (Lipinski definition) is 2. The van der Waals surface area contributed by atoms with Crippen molar-refractivity contribution in [1.82, 2.24) is 0 Å². The molecule has 0 bridgehead atoms. The van der Waals surface area contributed by atoms with Crippen molar-refractivity contribution in [3.63, 3.8) is 0 Å². The molecule has 0 amide bonds. The van der Waals surface area contributed by atoms with E-state index in [9.17, 15) is 9.50 Å². The number of benzene rings is 2. The SMILES string of the molecule is Cc1ccccc1Oc1cccc(F)c1[C@H](C)O. The molecule has 0 aliphatic rings. The zero-order chi connectivity index (χ0) is 13.1. The third kappa shape index (κ3) is 2.51. The minimum absolute atomic E-state index is 0.181. The lowest BCUT2D eigenvalue weighted by molar-refractivity contribution is 0.190. The van der Waals surface area contributed by atoms with E-state index in [2.05, 4.69) is 0 Å². The number of aliphatic hydroxyl groups is 1. The predicted molar refractivity (Wildman–Crippen MR) is 68.3 cm³/mol. The van der Waals surface area contributed by atoms with E-state index in [4.69, 9.17) is 4.74 Å². The van der Waals surface area contributed by atoms with Crippen LogP contribution in [0.1, 0.15) is 24.2 Å². The Morgan fingerprint density at radius 2 is 1.72 bits per heavy atom. The molecule has 18 heavy (non-hydrogen) atoms. The summed E-state index contributed by atoms with van der Waals surface area (Å²) in [6.07, 6.45) is -0.912. The fourth-order valence-electron chi connectivity index (χ4n) is 1.80. The van der Waals surface area contributed by atoms with Crippen LogP contribution in [-0.4, -0.2) is 5.11 Å². The first-order valence-electron chi connectivity index (χ1n) is 5.79. The topological polar surface area (TPSA) is 29.5 Å². The number of halogens is 1. The van der Waals surface area contributed by atoms with Crippen LogP contribution in [0.5, 0.6) is 11.5 Å². The quantitative estimate of drug-likeness (QED) is 0.887. The molecule has 1 atom stereocenters. The largest absolute Gasteiger partial charge is 0.457 e. The molecule has 0 aromatic heterocycles. The summed E-state index contributed by atoms with van der Waals surface area (Å²) >= 11 is 0. The Morgan fingerprint density at radius 3 is 2.39 bits per heavy atom. The molecule has 1 N–H and O–H groups in total. The number of aliphatic hydroxyl groups excluding tert-OH is 1. The van der Waals surface area contributed by atoms with Gasteiger partial charge in [0.15, 0.2) is 0 Å². The second-order valence-corrected chi connectivity index (χ2v) is 4.20. The normalized spacial score (nSPS) is 12.2. The van der Waals surface area contributed by atoms with Gasteiger partial charge < -0.3 is 9.84 Å². The van der Waals surface area contributed by atoms with E-state index in [1.165, 1.54) is 13.0 Å². The lowest BCUT2D eigenvalue weighted by atomic mass is 10.1. The van der Waals surface area contributed by atoms with Gasteiger partial charge in [0.25, 0.3) is 0 Å². The van der Waals surface area contributed by atoms with E-state index in [1.54, 1.807) is 12.1 Å². The Kier molecular flexibility index (Phi) is 3.63. The highest BCUT2D eigenvalue weighted by atomic mass is 19.1. The van der Waals surface area contributed by atoms with Crippen molar-refractivity contribution in [2.24, 2.45) is 0 Å². The zero-order valence-corrected chi connectivity index (χ0v) is 10.4. The lowest BCUT2D eigenvalue weighted by Gasteiger charge is -2.15. The molecule has 2 rings (SSSR count). The van der Waals surface area contributed by atoms with Gasteiger partial charge in [0, 0.05) is 0 Å². The molecule has 0 saturated heterocycles. The average molecular weight is 246 g/mol. The second-order valence-electron chi connectivity index (χ2n) is 4.20. The summed E-state index contributed by atoms with van der Waals surface area (Å²) in [4.78, 5) is 0. The minimum atomic E-state index is -0.912. The highest BCUT2D eigenvalue weighted by molar-refractivity contribution is 5.42. The van der Waals surface area contributed by atoms with Gasteiger partial charge in [0.05, 0.1) is 11.7 Å². The summed E-state index contributed by atoms with van der Waals surface area (Å²) in [6.45, 7) is 3.43. The van der Waals surface area contributed by atoms with Gasteiger partial charge in [-0.05, 0) is 37.6 Å². The van der Waals surface area contributed by atoms with Gasteiger partial charge in [-0.2, -0.15) is 0 Å². The number of rotatable bonds is 3. The number of hydrogen-bond donors (Lipinski definition) is 1. The molecule has 0 heterocycles. The lowest BCUT2D eigenvalue weighted by Crippen LogP contribution is -2.00. The highest BCUT2D eigenvalue weighted by Gasteiger charge is 2.15. The summed E-state index contributed by atoms with van der Waals surface area (Å²) < 4.78 is 19.3. The highest BCUT2D eigenvalue weighted by Crippen LogP contribution is 2.32. The van der Waals surface area contributed by atoms with Crippen LogP contribution in [0.4, 0.5) is 4.39 Å². The van der Waals surface area contributed by atoms with Crippen LogP contribution in [0.3, 0.4) is 0 Å². The van der Waals surface area contributed by atoms with E-state index < -0.39 is 11.9 Å². The van der Waals surface area contributed by atoms with Crippen molar-refractivity contribution >= 4 is 0 Å². The van der Waals surface area contributed by atoms with Crippen LogP contribution in [0.2, 0.25) is 0 Å². The summed E-state index contributed by atoms with van der Waals surface area (Å²) in [5.74, 6) is 0.542. The van der Waals surface area contributed by atoms with Crippen molar-refractivity contribution in [3.8, 4) is 11.5 Å². The molecule has 0 fully saturated rings. The van der Waals surface area contributed by atoms with E-state index in [0.717, 1.165) is 5.56 Å². The molecule has 0 unspecified atom stereocenters. The maximum absolute atomic E-state index is 13.7. The van der Waals surface area contributed by atoms with Crippen molar-refractivity contribution in [2.75, 3.05) is 0 Å². The third-order valence-corrected chi connectivity index (χ3v) is 2.74. The molecule has 2 aromatic rings. The Morgan fingerprint density at radius 1 is 1.06 bits per heavy atom. The van der Waals surface area contributed by atoms with Gasteiger partial charge in [-0.3, -0.25) is 0 Å². The Bertz CT molecular complexity index is 550. The second kappa shape index (κ2) is 5.19. The van der Waals surface area contributed by atoms with Crippen molar-refractivity contribution in [3.05, 3.63) is 59.4 Å². The molecule has 0 radical (unpaired) electrons. The molecule has 0 aliphatic carbocycles. The van der Waals surface area contributed by atoms with Crippen LogP contribution in [0, 0.1) is 12.7 Å². The minimum Gasteiger partial charge on any atom is -0.457 e. The zero-order valence-electron chi connectivity index (χ0n) is 10.4.